The van der Waals surface area contributed by atoms with Crippen LogP contribution in [0.25, 0.3) is 0 Å². The predicted molar refractivity (Wildman–Crippen MR) is 58.1 cm³/mol. The van der Waals surface area contributed by atoms with Crippen molar-refractivity contribution in [2.24, 2.45) is 0 Å². The van der Waals surface area contributed by atoms with E-state index in [4.69, 9.17) is 0 Å². The van der Waals surface area contributed by atoms with E-state index in [1.165, 1.54) is 9.90 Å². The van der Waals surface area contributed by atoms with Crippen molar-refractivity contribution in [2.45, 2.75) is 10.6 Å². The van der Waals surface area contributed by atoms with Crippen molar-refractivity contribution in [3.8, 4) is 0 Å². The average molecular weight is 207 g/mol. The molecule has 0 radical (unpaired) electrons. The van der Waals surface area contributed by atoms with Crippen LogP contribution in [0, 0.1) is 0 Å². The fraction of sp³-hybridized carbons (Fsp3) is 0.100. The van der Waals surface area contributed by atoms with E-state index in [-0.39, 0.29) is 0 Å². The molecular formula is C10H9NS2. The minimum Gasteiger partial charge on any atom is -0.249 e. The Bertz CT molecular complexity index is 342. The van der Waals surface area contributed by atoms with Crippen LogP contribution in [-0.4, -0.2) is 4.98 Å². The predicted octanol–water partition coefficient (Wildman–Crippen LogP) is 3.44. The molecule has 0 N–H and O–H groups in total. The Hall–Kier alpha value is -0.800. The molecule has 0 aliphatic heterocycles. The highest BCUT2D eigenvalue weighted by molar-refractivity contribution is 7.98. The summed E-state index contributed by atoms with van der Waals surface area (Å²) >= 11 is 3.54. The van der Waals surface area contributed by atoms with E-state index in [1.807, 2.05) is 29.4 Å². The van der Waals surface area contributed by atoms with Gasteiger partial charge in [0.25, 0.3) is 0 Å². The van der Waals surface area contributed by atoms with E-state index in [0.29, 0.717) is 0 Å². The standard InChI is InChI=1S/C10H9NS2/c1-2-4-9(5-3-1)13-8-10-11-6-7-12-10/h1-7H,8H2. The Kier molecular flexibility index (Phi) is 3.00. The Morgan fingerprint density at radius 3 is 2.77 bits per heavy atom. The summed E-state index contributed by atoms with van der Waals surface area (Å²) < 4.78 is 0. The van der Waals surface area contributed by atoms with Crippen LogP contribution in [0.4, 0.5) is 0 Å². The summed E-state index contributed by atoms with van der Waals surface area (Å²) in [6, 6.07) is 10.4. The van der Waals surface area contributed by atoms with Gasteiger partial charge in [-0.25, -0.2) is 4.98 Å². The van der Waals surface area contributed by atoms with Crippen LogP contribution < -0.4 is 0 Å². The van der Waals surface area contributed by atoms with Crippen LogP contribution in [0.15, 0.2) is 46.8 Å². The maximum Gasteiger partial charge on any atom is 0.103 e. The molecule has 0 spiro atoms. The Balaban J connectivity index is 1.94. The van der Waals surface area contributed by atoms with Crippen molar-refractivity contribution >= 4 is 23.1 Å². The van der Waals surface area contributed by atoms with Gasteiger partial charge in [0.15, 0.2) is 0 Å². The van der Waals surface area contributed by atoms with Crippen molar-refractivity contribution in [1.82, 2.24) is 4.98 Å². The van der Waals surface area contributed by atoms with Gasteiger partial charge in [0, 0.05) is 16.5 Å². The summed E-state index contributed by atoms with van der Waals surface area (Å²) in [5, 5.41) is 3.20. The molecule has 3 heteroatoms. The number of hydrogen-bond donors (Lipinski definition) is 0. The molecule has 0 bridgehead atoms. The van der Waals surface area contributed by atoms with Crippen LogP contribution >= 0.6 is 23.1 Å². The molecule has 0 amide bonds. The second-order valence-electron chi connectivity index (χ2n) is 2.53. The second-order valence-corrected chi connectivity index (χ2v) is 4.56. The summed E-state index contributed by atoms with van der Waals surface area (Å²) in [5.41, 5.74) is 0. The molecule has 0 fully saturated rings. The SMILES string of the molecule is c1ccc(SCc2nccs2)cc1. The molecule has 13 heavy (non-hydrogen) atoms. The molecule has 0 saturated heterocycles. The fourth-order valence-electron chi connectivity index (χ4n) is 0.986. The third-order valence-electron chi connectivity index (χ3n) is 1.59. The maximum absolute atomic E-state index is 4.23. The molecule has 1 heterocycles. The first kappa shape index (κ1) is 8.78. The minimum atomic E-state index is 0.974. The highest BCUT2D eigenvalue weighted by atomic mass is 32.2. The van der Waals surface area contributed by atoms with Crippen LogP contribution in [0.3, 0.4) is 0 Å². The topological polar surface area (TPSA) is 12.9 Å². The van der Waals surface area contributed by atoms with Crippen LogP contribution in [-0.2, 0) is 5.75 Å². The first-order valence-electron chi connectivity index (χ1n) is 4.01. The molecule has 1 nitrogen and oxygen atoms in total. The number of thioether (sulfide) groups is 1. The van der Waals surface area contributed by atoms with Crippen LogP contribution in [0.1, 0.15) is 5.01 Å². The molecular weight excluding hydrogens is 198 g/mol. The average Bonchev–Trinajstić information content (AvgIpc) is 2.69. The van der Waals surface area contributed by atoms with Gasteiger partial charge in [0.05, 0.1) is 5.75 Å². The number of nitrogens with zero attached hydrogens (tertiary/aromatic N) is 1. The number of rotatable bonds is 3. The van der Waals surface area contributed by atoms with Crippen molar-refractivity contribution in [3.63, 3.8) is 0 Å². The van der Waals surface area contributed by atoms with E-state index in [2.05, 4.69) is 29.2 Å². The monoisotopic (exact) mass is 207 g/mol. The van der Waals surface area contributed by atoms with Crippen molar-refractivity contribution < 1.29 is 0 Å². The van der Waals surface area contributed by atoms with E-state index in [1.54, 1.807) is 11.3 Å². The van der Waals surface area contributed by atoms with Gasteiger partial charge in [-0.05, 0) is 12.1 Å². The lowest BCUT2D eigenvalue weighted by Crippen LogP contribution is -1.76. The summed E-state index contributed by atoms with van der Waals surface area (Å²) in [5.74, 6) is 0.974. The molecule has 2 aromatic rings. The number of thiazole rings is 1. The van der Waals surface area contributed by atoms with Crippen molar-refractivity contribution in [2.75, 3.05) is 0 Å². The highest BCUT2D eigenvalue weighted by Crippen LogP contribution is 2.22. The maximum atomic E-state index is 4.23. The minimum absolute atomic E-state index is 0.974. The molecule has 2 rings (SSSR count). The molecule has 0 unspecified atom stereocenters. The molecule has 0 aliphatic carbocycles. The van der Waals surface area contributed by atoms with Gasteiger partial charge in [-0.3, -0.25) is 0 Å². The molecule has 0 aliphatic rings. The number of benzene rings is 1. The lowest BCUT2D eigenvalue weighted by molar-refractivity contribution is 1.26. The molecule has 0 atom stereocenters. The quantitative estimate of drug-likeness (QED) is 0.715. The Morgan fingerprint density at radius 2 is 2.08 bits per heavy atom. The summed E-state index contributed by atoms with van der Waals surface area (Å²) in [4.78, 5) is 5.53. The zero-order valence-electron chi connectivity index (χ0n) is 7.01. The van der Waals surface area contributed by atoms with E-state index in [0.717, 1.165) is 5.75 Å². The first-order valence-corrected chi connectivity index (χ1v) is 5.88. The lowest BCUT2D eigenvalue weighted by atomic mass is 10.4. The summed E-state index contributed by atoms with van der Waals surface area (Å²) in [6.45, 7) is 0. The van der Waals surface area contributed by atoms with Gasteiger partial charge in [0.2, 0.25) is 0 Å². The van der Waals surface area contributed by atoms with Gasteiger partial charge in [-0.1, -0.05) is 18.2 Å². The molecule has 1 aromatic heterocycles. The molecule has 0 saturated carbocycles. The van der Waals surface area contributed by atoms with E-state index < -0.39 is 0 Å². The van der Waals surface area contributed by atoms with Gasteiger partial charge < -0.3 is 0 Å². The van der Waals surface area contributed by atoms with Crippen LogP contribution in [0.5, 0.6) is 0 Å². The Morgan fingerprint density at radius 1 is 1.23 bits per heavy atom. The summed E-state index contributed by atoms with van der Waals surface area (Å²) in [7, 11) is 0. The van der Waals surface area contributed by atoms with Gasteiger partial charge >= 0.3 is 0 Å². The lowest BCUT2D eigenvalue weighted by Gasteiger charge is -1.97. The number of aromatic nitrogens is 1. The van der Waals surface area contributed by atoms with E-state index >= 15 is 0 Å². The van der Waals surface area contributed by atoms with Crippen molar-refractivity contribution in [3.05, 3.63) is 46.9 Å². The summed E-state index contributed by atoms with van der Waals surface area (Å²) in [6.07, 6.45) is 1.85. The van der Waals surface area contributed by atoms with Crippen molar-refractivity contribution in [1.29, 1.82) is 0 Å². The smallest absolute Gasteiger partial charge is 0.103 e. The fourth-order valence-corrected chi connectivity index (χ4v) is 2.55. The third kappa shape index (κ3) is 2.57. The van der Waals surface area contributed by atoms with Crippen LogP contribution in [0.2, 0.25) is 0 Å². The van der Waals surface area contributed by atoms with Gasteiger partial charge in [-0.2, -0.15) is 0 Å². The largest absolute Gasteiger partial charge is 0.249 e. The first-order chi connectivity index (χ1) is 6.45. The highest BCUT2D eigenvalue weighted by Gasteiger charge is 1.96. The number of hydrogen-bond acceptors (Lipinski definition) is 3. The second kappa shape index (κ2) is 4.44. The normalized spacial score (nSPS) is 10.2. The Labute approximate surface area is 85.8 Å². The zero-order chi connectivity index (χ0) is 8.93. The molecule has 1 aromatic carbocycles. The van der Waals surface area contributed by atoms with Gasteiger partial charge in [0.1, 0.15) is 5.01 Å². The van der Waals surface area contributed by atoms with E-state index in [9.17, 15) is 0 Å². The van der Waals surface area contributed by atoms with Gasteiger partial charge in [-0.15, -0.1) is 23.1 Å². The third-order valence-corrected chi connectivity index (χ3v) is 3.57. The molecule has 66 valence electrons. The zero-order valence-corrected chi connectivity index (χ0v) is 8.65.